The van der Waals surface area contributed by atoms with E-state index in [4.69, 9.17) is 14.2 Å². The normalized spacial score (nSPS) is 12.5. The predicted molar refractivity (Wildman–Crippen MR) is 339 cm³/mol. The van der Waals surface area contributed by atoms with Crippen molar-refractivity contribution in [2.45, 2.75) is 354 Å². The summed E-state index contributed by atoms with van der Waals surface area (Å²) in [5, 5.41) is 0. The van der Waals surface area contributed by atoms with Gasteiger partial charge in [0, 0.05) is 19.3 Å². The maximum atomic E-state index is 12.9. The summed E-state index contributed by atoms with van der Waals surface area (Å²) in [6.07, 6.45) is 86.8. The van der Waals surface area contributed by atoms with Gasteiger partial charge in [0.2, 0.25) is 0 Å². The van der Waals surface area contributed by atoms with E-state index < -0.39 is 6.10 Å². The molecule has 6 heteroatoms. The third-order valence-electron chi connectivity index (χ3n) is 14.9. The number of ether oxygens (including phenoxy) is 3. The third kappa shape index (κ3) is 63.7. The lowest BCUT2D eigenvalue weighted by molar-refractivity contribution is -0.167. The molecule has 0 aliphatic heterocycles. The molecule has 0 amide bonds. The molecular formula is C72H128O6. The smallest absolute Gasteiger partial charge is 0.306 e. The van der Waals surface area contributed by atoms with Crippen molar-refractivity contribution in [1.29, 1.82) is 0 Å². The molecule has 0 heterocycles. The number of allylic oxidation sites excluding steroid dienone is 12. The Morgan fingerprint density at radius 2 is 0.500 bits per heavy atom. The van der Waals surface area contributed by atoms with Crippen LogP contribution in [0.4, 0.5) is 0 Å². The minimum atomic E-state index is -0.771. The van der Waals surface area contributed by atoms with Crippen molar-refractivity contribution in [3.05, 3.63) is 72.9 Å². The maximum Gasteiger partial charge on any atom is 0.306 e. The zero-order valence-electron chi connectivity index (χ0n) is 51.9. The fraction of sp³-hybridized carbons (Fsp3) is 0.792. The van der Waals surface area contributed by atoms with E-state index in [1.807, 2.05) is 0 Å². The van der Waals surface area contributed by atoms with Gasteiger partial charge in [-0.3, -0.25) is 14.4 Å². The highest BCUT2D eigenvalue weighted by Gasteiger charge is 2.19. The Morgan fingerprint density at radius 1 is 0.269 bits per heavy atom. The predicted octanol–water partition coefficient (Wildman–Crippen LogP) is 23.3. The summed E-state index contributed by atoms with van der Waals surface area (Å²) in [5.74, 6) is -0.865. The second-order valence-electron chi connectivity index (χ2n) is 22.7. The van der Waals surface area contributed by atoms with Crippen LogP contribution in [0.2, 0.25) is 0 Å². The third-order valence-corrected chi connectivity index (χ3v) is 14.9. The number of hydrogen-bond donors (Lipinski definition) is 0. The van der Waals surface area contributed by atoms with Crippen LogP contribution >= 0.6 is 0 Å². The molecule has 0 aliphatic carbocycles. The lowest BCUT2D eigenvalue weighted by atomic mass is 10.0. The molecule has 452 valence electrons. The maximum absolute atomic E-state index is 12.9. The van der Waals surface area contributed by atoms with Crippen LogP contribution in [-0.4, -0.2) is 37.2 Å². The van der Waals surface area contributed by atoms with Gasteiger partial charge in [-0.05, 0) is 89.9 Å². The molecular weight excluding hydrogens is 961 g/mol. The molecule has 0 aliphatic rings. The molecule has 0 saturated carbocycles. The molecule has 0 aromatic rings. The molecule has 1 unspecified atom stereocenters. The molecule has 0 aromatic carbocycles. The van der Waals surface area contributed by atoms with Gasteiger partial charge in [0.15, 0.2) is 6.10 Å². The van der Waals surface area contributed by atoms with Crippen molar-refractivity contribution >= 4 is 17.9 Å². The Hall–Kier alpha value is -3.15. The lowest BCUT2D eigenvalue weighted by Gasteiger charge is -2.18. The highest BCUT2D eigenvalue weighted by molar-refractivity contribution is 5.71. The van der Waals surface area contributed by atoms with E-state index in [9.17, 15) is 14.4 Å². The highest BCUT2D eigenvalue weighted by Crippen LogP contribution is 2.17. The zero-order valence-corrected chi connectivity index (χ0v) is 51.9. The first-order chi connectivity index (χ1) is 38.5. The zero-order chi connectivity index (χ0) is 56.4. The number of carbonyl (C=O) groups excluding carboxylic acids is 3. The van der Waals surface area contributed by atoms with Gasteiger partial charge in [-0.1, -0.05) is 312 Å². The Labute approximate surface area is 484 Å². The van der Waals surface area contributed by atoms with Crippen LogP contribution in [0.3, 0.4) is 0 Å². The average Bonchev–Trinajstić information content (AvgIpc) is 3.44. The number of hydrogen-bond acceptors (Lipinski definition) is 6. The largest absolute Gasteiger partial charge is 0.462 e. The summed E-state index contributed by atoms with van der Waals surface area (Å²) in [7, 11) is 0. The van der Waals surface area contributed by atoms with Crippen LogP contribution in [0.5, 0.6) is 0 Å². The van der Waals surface area contributed by atoms with Gasteiger partial charge in [0.1, 0.15) is 13.2 Å². The standard InChI is InChI=1S/C72H128O6/c1-4-7-10-13-16-18-20-22-24-26-28-30-32-34-35-36-37-39-40-42-44-46-48-50-52-54-56-59-62-65-71(74)77-68-69(67-76-70(73)64-61-58-15-12-9-6-3)78-72(75)66-63-60-57-55-53-51-49-47-45-43-41-38-33-31-29-27-25-23-21-19-17-14-11-8-5-2/h7,10,16,18,21-24,27-30,69H,4-6,8-9,11-15,17,19-20,25-26,31-68H2,1-3H3/b10-7-,18-16-,23-21-,24-22-,29-27-,30-28-. The number of unbranched alkanes of at least 4 members (excludes halogenated alkanes) is 39. The highest BCUT2D eigenvalue weighted by atomic mass is 16.6. The molecule has 78 heavy (non-hydrogen) atoms. The average molecular weight is 1090 g/mol. The molecule has 1 atom stereocenters. The molecule has 0 bridgehead atoms. The first-order valence-electron chi connectivity index (χ1n) is 33.9. The molecule has 0 saturated heterocycles. The van der Waals surface area contributed by atoms with Crippen LogP contribution in [0, 0.1) is 0 Å². The molecule has 0 aromatic heterocycles. The summed E-state index contributed by atoms with van der Waals surface area (Å²) >= 11 is 0. The fourth-order valence-corrected chi connectivity index (χ4v) is 9.88. The lowest BCUT2D eigenvalue weighted by Crippen LogP contribution is -2.30. The molecule has 6 nitrogen and oxygen atoms in total. The molecule has 0 fully saturated rings. The van der Waals surface area contributed by atoms with E-state index in [2.05, 4.69) is 93.7 Å². The molecule has 0 N–H and O–H groups in total. The summed E-state index contributed by atoms with van der Waals surface area (Å²) in [6.45, 7) is 6.50. The van der Waals surface area contributed by atoms with Crippen molar-refractivity contribution in [2.24, 2.45) is 0 Å². The first kappa shape index (κ1) is 74.8. The summed E-state index contributed by atoms with van der Waals surface area (Å²) in [6, 6.07) is 0. The summed E-state index contributed by atoms with van der Waals surface area (Å²) < 4.78 is 16.8. The van der Waals surface area contributed by atoms with Gasteiger partial charge < -0.3 is 14.2 Å². The second kappa shape index (κ2) is 66.4. The fourth-order valence-electron chi connectivity index (χ4n) is 9.88. The summed E-state index contributed by atoms with van der Waals surface area (Å²) in [5.41, 5.74) is 0. The SMILES string of the molecule is CC/C=C\C/C=C\C/C=C\C/C=C\CCCCCCCCCCCCCCCCCCC(=O)OCC(COC(=O)CCCCCCCC)OC(=O)CCCCCCCCCCCCCCC/C=C\C/C=C\CCCCCCC. The summed E-state index contributed by atoms with van der Waals surface area (Å²) in [4.78, 5) is 38.1. The van der Waals surface area contributed by atoms with Gasteiger partial charge in [0.25, 0.3) is 0 Å². The first-order valence-corrected chi connectivity index (χ1v) is 33.9. The second-order valence-corrected chi connectivity index (χ2v) is 22.7. The van der Waals surface area contributed by atoms with E-state index in [-0.39, 0.29) is 31.1 Å². The van der Waals surface area contributed by atoms with Crippen molar-refractivity contribution < 1.29 is 28.6 Å². The van der Waals surface area contributed by atoms with Crippen LogP contribution in [-0.2, 0) is 28.6 Å². The van der Waals surface area contributed by atoms with Crippen molar-refractivity contribution in [3.63, 3.8) is 0 Å². The van der Waals surface area contributed by atoms with E-state index >= 15 is 0 Å². The van der Waals surface area contributed by atoms with Crippen molar-refractivity contribution in [3.8, 4) is 0 Å². The molecule has 0 radical (unpaired) electrons. The quantitative estimate of drug-likeness (QED) is 0.0261. The van der Waals surface area contributed by atoms with E-state index in [0.717, 1.165) is 89.9 Å². The molecule has 0 spiro atoms. The van der Waals surface area contributed by atoms with Gasteiger partial charge in [0.05, 0.1) is 0 Å². The van der Waals surface area contributed by atoms with Gasteiger partial charge in [-0.2, -0.15) is 0 Å². The van der Waals surface area contributed by atoms with E-state index in [1.165, 1.54) is 218 Å². The number of carbonyl (C=O) groups is 3. The van der Waals surface area contributed by atoms with Gasteiger partial charge in [-0.15, -0.1) is 0 Å². The van der Waals surface area contributed by atoms with Gasteiger partial charge in [-0.25, -0.2) is 0 Å². The van der Waals surface area contributed by atoms with E-state index in [0.29, 0.717) is 19.3 Å². The number of rotatable bonds is 62. The Balaban J connectivity index is 4.02. The molecule has 0 rings (SSSR count). The van der Waals surface area contributed by atoms with Crippen molar-refractivity contribution in [2.75, 3.05) is 13.2 Å². The Kier molecular flexibility index (Phi) is 63.7. The van der Waals surface area contributed by atoms with Crippen LogP contribution < -0.4 is 0 Å². The Morgan fingerprint density at radius 3 is 0.782 bits per heavy atom. The van der Waals surface area contributed by atoms with Gasteiger partial charge >= 0.3 is 17.9 Å². The minimum absolute atomic E-state index is 0.0716. The Bertz CT molecular complexity index is 1440. The van der Waals surface area contributed by atoms with Crippen LogP contribution in [0.1, 0.15) is 348 Å². The van der Waals surface area contributed by atoms with Crippen LogP contribution in [0.25, 0.3) is 0 Å². The minimum Gasteiger partial charge on any atom is -0.462 e. The van der Waals surface area contributed by atoms with E-state index in [1.54, 1.807) is 0 Å². The van der Waals surface area contributed by atoms with Crippen LogP contribution in [0.15, 0.2) is 72.9 Å². The monoisotopic (exact) mass is 1090 g/mol. The number of esters is 3. The topological polar surface area (TPSA) is 78.9 Å². The van der Waals surface area contributed by atoms with Crippen molar-refractivity contribution in [1.82, 2.24) is 0 Å².